The van der Waals surface area contributed by atoms with Crippen LogP contribution in [0.25, 0.3) is 78.0 Å². The van der Waals surface area contributed by atoms with Crippen LogP contribution < -0.4 is 0 Å². The zero-order chi connectivity index (χ0) is 47.1. The number of aromatic amines is 1. The van der Waals surface area contributed by atoms with Gasteiger partial charge in [0.05, 0.1) is 41.1 Å². The number of nitrogens with zero attached hydrogens (tertiary/aromatic N) is 11. The van der Waals surface area contributed by atoms with Gasteiger partial charge in [-0.2, -0.15) is 0 Å². The number of carboxylic acid groups (broad SMARTS) is 1. The Morgan fingerprint density at radius 1 is 0.565 bits per heavy atom. The van der Waals surface area contributed by atoms with E-state index in [1.807, 2.05) is 68.4 Å². The standard InChI is InChI=1S/C27H24N8.C27H24N4O2.Na.H/c1-4-24-30-25-16(2)13-17(3)28-27(25)35(24)15-18-9-11-22-19(14-18)10-12-23(29-22)20-7-5-6-8-21(20)26-31-33-34-32-26;1-4-24-30-25-16(2)13-17(3)28-26(25)31(24)15-18-9-11-22-19(14-18)10-12-23(29-22)20-7-5-6-8-21(20)27(32)33;;/h5-14H,4,15H2,1-3H3,(H,31,32,33,34);5-14H,4,15H2,1-3H3,(H,32,33);;. The Bertz CT molecular complexity index is 3710. The van der Waals surface area contributed by atoms with E-state index in [0.717, 1.165) is 114 Å². The Balaban J connectivity index is 0.000000170. The van der Waals surface area contributed by atoms with Crippen molar-refractivity contribution in [2.75, 3.05) is 0 Å². The van der Waals surface area contributed by atoms with E-state index in [2.05, 4.69) is 106 Å². The number of pyridine rings is 4. The number of carbonyl (C=O) groups is 1. The van der Waals surface area contributed by atoms with Crippen molar-refractivity contribution >= 4 is 79.7 Å². The number of imidazole rings is 2. The van der Waals surface area contributed by atoms with Crippen LogP contribution in [0.1, 0.15) is 69.5 Å². The average Bonchev–Trinajstić information content (AvgIpc) is 4.10. The molecule has 7 aromatic heterocycles. The Hall–Kier alpha value is -7.52. The molecule has 2 N–H and O–H groups in total. The molecule has 0 spiro atoms. The molecule has 7 heterocycles. The minimum absolute atomic E-state index is 0. The number of carboxylic acids is 1. The van der Waals surface area contributed by atoms with Crippen molar-refractivity contribution in [1.82, 2.24) is 59.7 Å². The van der Waals surface area contributed by atoms with E-state index in [9.17, 15) is 9.90 Å². The van der Waals surface area contributed by atoms with Crippen LogP contribution in [-0.4, -0.2) is 100 Å². The number of fused-ring (bicyclic) bond motifs is 4. The maximum atomic E-state index is 11.6. The summed E-state index contributed by atoms with van der Waals surface area (Å²) in [5.41, 5.74) is 16.5. The maximum absolute atomic E-state index is 11.6. The molecule has 0 atom stereocenters. The van der Waals surface area contributed by atoms with Crippen LogP contribution in [-0.2, 0) is 25.9 Å². The fourth-order valence-electron chi connectivity index (χ4n) is 9.06. The molecule has 4 aromatic carbocycles. The second kappa shape index (κ2) is 19.6. The van der Waals surface area contributed by atoms with Gasteiger partial charge in [-0.15, -0.1) is 5.10 Å². The van der Waals surface area contributed by atoms with E-state index in [0.29, 0.717) is 30.2 Å². The summed E-state index contributed by atoms with van der Waals surface area (Å²) in [5, 5.41) is 25.9. The van der Waals surface area contributed by atoms with Crippen LogP contribution in [0, 0.1) is 27.7 Å². The predicted molar refractivity (Wildman–Crippen MR) is 273 cm³/mol. The van der Waals surface area contributed by atoms with Gasteiger partial charge in [-0.25, -0.2) is 39.8 Å². The molecule has 0 aliphatic carbocycles. The van der Waals surface area contributed by atoms with Crippen molar-refractivity contribution < 1.29 is 9.90 Å². The monoisotopic (exact) mass is 920 g/mol. The second-order valence-corrected chi connectivity index (χ2v) is 17.0. The molecule has 0 unspecified atom stereocenters. The van der Waals surface area contributed by atoms with Gasteiger partial charge in [0.2, 0.25) is 0 Å². The van der Waals surface area contributed by atoms with E-state index in [4.69, 9.17) is 29.9 Å². The molecule has 0 aliphatic rings. The van der Waals surface area contributed by atoms with Gasteiger partial charge in [0.15, 0.2) is 17.1 Å². The van der Waals surface area contributed by atoms with Crippen LogP contribution in [0.2, 0.25) is 0 Å². The number of aromatic carboxylic acids is 1. The first-order valence-electron chi connectivity index (χ1n) is 22.7. The Kier molecular flexibility index (Phi) is 13.2. The topological polar surface area (TPSA) is 179 Å². The van der Waals surface area contributed by atoms with Gasteiger partial charge in [-0.1, -0.05) is 80.6 Å². The molecule has 0 fully saturated rings. The molecule has 338 valence electrons. The zero-order valence-electron chi connectivity index (χ0n) is 38.7. The molecular weight excluding hydrogens is 872 g/mol. The summed E-state index contributed by atoms with van der Waals surface area (Å²) in [7, 11) is 0. The van der Waals surface area contributed by atoms with Crippen molar-refractivity contribution in [2.24, 2.45) is 0 Å². The van der Waals surface area contributed by atoms with Crippen LogP contribution in [0.15, 0.2) is 121 Å². The number of aromatic nitrogens is 12. The number of benzene rings is 4. The van der Waals surface area contributed by atoms with Gasteiger partial charge in [-0.05, 0) is 115 Å². The number of H-pyrrole nitrogens is 1. The van der Waals surface area contributed by atoms with Gasteiger partial charge in [-0.3, -0.25) is 0 Å². The second-order valence-electron chi connectivity index (χ2n) is 17.0. The first-order chi connectivity index (χ1) is 33.0. The molecule has 14 nitrogen and oxygen atoms in total. The Morgan fingerprint density at radius 3 is 1.55 bits per heavy atom. The van der Waals surface area contributed by atoms with Gasteiger partial charge in [0, 0.05) is 51.7 Å². The van der Waals surface area contributed by atoms with Crippen molar-refractivity contribution in [3.8, 4) is 33.9 Å². The number of nitrogens with one attached hydrogen (secondary N) is 1. The number of tetrazole rings is 1. The van der Waals surface area contributed by atoms with E-state index in [1.54, 1.807) is 18.2 Å². The quantitative estimate of drug-likeness (QED) is 0.125. The molecule has 0 radical (unpaired) electrons. The molecule has 0 bridgehead atoms. The molecular formula is C54H49N12NaO2. The number of rotatable bonds is 10. The van der Waals surface area contributed by atoms with Crippen molar-refractivity contribution in [2.45, 2.75) is 67.5 Å². The molecule has 11 aromatic rings. The molecule has 0 amide bonds. The number of aryl methyl sites for hydroxylation is 6. The van der Waals surface area contributed by atoms with E-state index < -0.39 is 5.97 Å². The molecule has 0 saturated heterocycles. The van der Waals surface area contributed by atoms with E-state index in [1.165, 1.54) is 5.56 Å². The minimum atomic E-state index is -0.957. The summed E-state index contributed by atoms with van der Waals surface area (Å²) in [5.74, 6) is 1.73. The van der Waals surface area contributed by atoms with Crippen LogP contribution in [0.3, 0.4) is 0 Å². The summed E-state index contributed by atoms with van der Waals surface area (Å²) in [6.07, 6.45) is 1.68. The third-order valence-corrected chi connectivity index (χ3v) is 12.3. The first kappa shape index (κ1) is 46.6. The molecule has 0 aliphatic heterocycles. The molecule has 0 saturated carbocycles. The van der Waals surface area contributed by atoms with Crippen LogP contribution >= 0.6 is 0 Å². The van der Waals surface area contributed by atoms with Gasteiger partial charge in [0.25, 0.3) is 0 Å². The Labute approximate surface area is 420 Å². The van der Waals surface area contributed by atoms with Crippen LogP contribution in [0.4, 0.5) is 0 Å². The number of hydrogen-bond donors (Lipinski definition) is 2. The molecule has 69 heavy (non-hydrogen) atoms. The fourth-order valence-corrected chi connectivity index (χ4v) is 9.06. The van der Waals surface area contributed by atoms with Gasteiger partial charge in [0.1, 0.15) is 22.7 Å². The summed E-state index contributed by atoms with van der Waals surface area (Å²) in [4.78, 5) is 40.6. The Morgan fingerprint density at radius 2 is 1.06 bits per heavy atom. The fraction of sp³-hybridized carbons (Fsp3) is 0.185. The summed E-state index contributed by atoms with van der Waals surface area (Å²) < 4.78 is 4.43. The summed E-state index contributed by atoms with van der Waals surface area (Å²) >= 11 is 0. The average molecular weight is 921 g/mol. The number of hydrogen-bond acceptors (Lipinski definition) is 10. The SMILES string of the molecule is CCc1nc2c(C)cc(C)nc2n1Cc1ccc2nc(-c3ccccc3-c3nnn[nH]3)ccc2c1.CCc1nc2c(C)cc(C)nc2n1Cc1ccc2nc(-c3ccccc3C(=O)O)ccc2c1.[NaH]. The predicted octanol–water partition coefficient (Wildman–Crippen LogP) is 9.98. The van der Waals surface area contributed by atoms with E-state index >= 15 is 0 Å². The van der Waals surface area contributed by atoms with Crippen molar-refractivity contribution in [3.63, 3.8) is 0 Å². The third kappa shape index (κ3) is 9.26. The van der Waals surface area contributed by atoms with Crippen molar-refractivity contribution in [1.29, 1.82) is 0 Å². The third-order valence-electron chi connectivity index (χ3n) is 12.3. The molecule has 11 rings (SSSR count). The van der Waals surface area contributed by atoms with Gasteiger partial charge < -0.3 is 14.2 Å². The summed E-state index contributed by atoms with van der Waals surface area (Å²) in [6.45, 7) is 13.9. The summed E-state index contributed by atoms with van der Waals surface area (Å²) in [6, 6.07) is 39.8. The molecule has 15 heteroatoms. The van der Waals surface area contributed by atoms with E-state index in [-0.39, 0.29) is 35.1 Å². The normalized spacial score (nSPS) is 11.3. The van der Waals surface area contributed by atoms with Crippen molar-refractivity contribution in [3.05, 3.63) is 172 Å². The first-order valence-corrected chi connectivity index (χ1v) is 22.7. The van der Waals surface area contributed by atoms with Gasteiger partial charge >= 0.3 is 35.5 Å². The zero-order valence-corrected chi connectivity index (χ0v) is 38.7. The van der Waals surface area contributed by atoms with Crippen LogP contribution in [0.5, 0.6) is 0 Å².